The molecule has 1 aromatic carbocycles. The number of nitrogens with zero attached hydrogens (tertiary/aromatic N) is 2. The van der Waals surface area contributed by atoms with E-state index in [9.17, 15) is 0 Å². The Morgan fingerprint density at radius 3 is 2.90 bits per heavy atom. The van der Waals surface area contributed by atoms with Gasteiger partial charge >= 0.3 is 0 Å². The van der Waals surface area contributed by atoms with Crippen LogP contribution in [0.2, 0.25) is 0 Å². The molecule has 21 heavy (non-hydrogen) atoms. The molecule has 1 aliphatic carbocycles. The van der Waals surface area contributed by atoms with Crippen molar-refractivity contribution in [1.82, 2.24) is 15.1 Å². The van der Waals surface area contributed by atoms with Crippen molar-refractivity contribution < 1.29 is 5.11 Å². The lowest BCUT2D eigenvalue weighted by Crippen LogP contribution is -2.25. The molecule has 1 aromatic heterocycles. The second-order valence-electron chi connectivity index (χ2n) is 5.45. The van der Waals surface area contributed by atoms with Crippen LogP contribution in [0.25, 0.3) is 0 Å². The van der Waals surface area contributed by atoms with Crippen LogP contribution in [0, 0.1) is 0 Å². The molecule has 0 spiro atoms. The summed E-state index contributed by atoms with van der Waals surface area (Å²) in [4.78, 5) is 0. The maximum atomic E-state index is 9.10. The SMILES string of the molecule is OCCn1ncc2c1CCCC2NCc1ccc(Br)cc1. The van der Waals surface area contributed by atoms with Crippen LogP contribution in [0.1, 0.15) is 35.7 Å². The number of hydrogen-bond donors (Lipinski definition) is 2. The number of halogens is 1. The normalized spacial score (nSPS) is 17.7. The summed E-state index contributed by atoms with van der Waals surface area (Å²) in [6.07, 6.45) is 5.34. The minimum Gasteiger partial charge on any atom is -0.394 e. The van der Waals surface area contributed by atoms with Crippen LogP contribution in [0.3, 0.4) is 0 Å². The van der Waals surface area contributed by atoms with Gasteiger partial charge in [0, 0.05) is 28.3 Å². The average molecular weight is 350 g/mol. The molecule has 0 bridgehead atoms. The van der Waals surface area contributed by atoms with Crippen LogP contribution in [0.5, 0.6) is 0 Å². The summed E-state index contributed by atoms with van der Waals surface area (Å²) >= 11 is 3.46. The Bertz CT molecular complexity index is 594. The first kappa shape index (κ1) is 14.8. The topological polar surface area (TPSA) is 50.1 Å². The lowest BCUT2D eigenvalue weighted by molar-refractivity contribution is 0.266. The van der Waals surface area contributed by atoms with Crippen molar-refractivity contribution >= 4 is 15.9 Å². The summed E-state index contributed by atoms with van der Waals surface area (Å²) in [5.74, 6) is 0. The van der Waals surface area contributed by atoms with Crippen LogP contribution < -0.4 is 5.32 Å². The zero-order chi connectivity index (χ0) is 14.7. The van der Waals surface area contributed by atoms with Gasteiger partial charge in [0.15, 0.2) is 0 Å². The maximum absolute atomic E-state index is 9.10. The van der Waals surface area contributed by atoms with E-state index >= 15 is 0 Å². The van der Waals surface area contributed by atoms with Gasteiger partial charge in [0.1, 0.15) is 0 Å². The number of aliphatic hydroxyl groups is 1. The molecule has 0 saturated heterocycles. The van der Waals surface area contributed by atoms with E-state index in [1.165, 1.54) is 23.2 Å². The van der Waals surface area contributed by atoms with Gasteiger partial charge in [0.25, 0.3) is 0 Å². The highest BCUT2D eigenvalue weighted by Crippen LogP contribution is 2.29. The fraction of sp³-hybridized carbons (Fsp3) is 0.438. The molecule has 0 saturated carbocycles. The van der Waals surface area contributed by atoms with Gasteiger partial charge in [0.2, 0.25) is 0 Å². The lowest BCUT2D eigenvalue weighted by atomic mass is 9.93. The predicted molar refractivity (Wildman–Crippen MR) is 86.0 cm³/mol. The van der Waals surface area contributed by atoms with Crippen molar-refractivity contribution in [2.24, 2.45) is 0 Å². The van der Waals surface area contributed by atoms with E-state index in [-0.39, 0.29) is 6.61 Å². The maximum Gasteiger partial charge on any atom is 0.0644 e. The Balaban J connectivity index is 1.69. The largest absolute Gasteiger partial charge is 0.394 e. The smallest absolute Gasteiger partial charge is 0.0644 e. The molecule has 1 aliphatic rings. The summed E-state index contributed by atoms with van der Waals surface area (Å²) in [5.41, 5.74) is 3.86. The molecule has 3 rings (SSSR count). The van der Waals surface area contributed by atoms with E-state index in [0.717, 1.165) is 23.9 Å². The number of benzene rings is 1. The first-order valence-corrected chi connectivity index (χ1v) is 8.20. The number of nitrogens with one attached hydrogen (secondary N) is 1. The highest BCUT2D eigenvalue weighted by atomic mass is 79.9. The third-order valence-electron chi connectivity index (χ3n) is 4.04. The van der Waals surface area contributed by atoms with E-state index < -0.39 is 0 Å². The Kier molecular flexibility index (Phi) is 4.73. The van der Waals surface area contributed by atoms with Gasteiger partial charge in [-0.1, -0.05) is 28.1 Å². The zero-order valence-corrected chi connectivity index (χ0v) is 13.5. The Labute approximate surface area is 133 Å². The van der Waals surface area contributed by atoms with Gasteiger partial charge < -0.3 is 10.4 Å². The fourth-order valence-corrected chi connectivity index (χ4v) is 3.23. The van der Waals surface area contributed by atoms with E-state index in [4.69, 9.17) is 5.11 Å². The summed E-state index contributed by atoms with van der Waals surface area (Å²) < 4.78 is 3.06. The van der Waals surface area contributed by atoms with Gasteiger partial charge in [-0.15, -0.1) is 0 Å². The molecule has 0 amide bonds. The highest BCUT2D eigenvalue weighted by molar-refractivity contribution is 9.10. The molecule has 2 aromatic rings. The molecule has 0 aliphatic heterocycles. The number of rotatable bonds is 5. The van der Waals surface area contributed by atoms with Crippen molar-refractivity contribution in [3.63, 3.8) is 0 Å². The predicted octanol–water partition coefficient (Wildman–Crippen LogP) is 2.81. The molecule has 0 fully saturated rings. The molecular formula is C16H20BrN3O. The average Bonchev–Trinajstić information content (AvgIpc) is 2.91. The summed E-state index contributed by atoms with van der Waals surface area (Å²) in [6.45, 7) is 1.60. The van der Waals surface area contributed by atoms with Gasteiger partial charge in [-0.3, -0.25) is 4.68 Å². The quantitative estimate of drug-likeness (QED) is 0.872. The van der Waals surface area contributed by atoms with Crippen LogP contribution in [-0.2, 0) is 19.5 Å². The summed E-state index contributed by atoms with van der Waals surface area (Å²) in [6, 6.07) is 8.78. The molecule has 1 atom stereocenters. The molecule has 112 valence electrons. The van der Waals surface area contributed by atoms with Crippen LogP contribution in [-0.4, -0.2) is 21.5 Å². The van der Waals surface area contributed by atoms with Crippen molar-refractivity contribution in [2.45, 2.75) is 38.4 Å². The van der Waals surface area contributed by atoms with E-state index in [2.05, 4.69) is 50.6 Å². The third kappa shape index (κ3) is 3.36. The Morgan fingerprint density at radius 1 is 1.33 bits per heavy atom. The molecule has 5 heteroatoms. The molecule has 2 N–H and O–H groups in total. The Hall–Kier alpha value is -1.17. The molecule has 1 heterocycles. The van der Waals surface area contributed by atoms with Gasteiger partial charge in [-0.05, 0) is 37.0 Å². The van der Waals surface area contributed by atoms with Gasteiger partial charge in [-0.25, -0.2) is 0 Å². The number of aromatic nitrogens is 2. The van der Waals surface area contributed by atoms with Crippen molar-refractivity contribution in [3.05, 3.63) is 51.8 Å². The lowest BCUT2D eigenvalue weighted by Gasteiger charge is -2.24. The monoisotopic (exact) mass is 349 g/mol. The molecular weight excluding hydrogens is 330 g/mol. The standard InChI is InChI=1S/C16H20BrN3O/c17-13-6-4-12(5-7-13)10-18-15-2-1-3-16-14(15)11-19-20(16)8-9-21/h4-7,11,15,18,21H,1-3,8-10H2. The van der Waals surface area contributed by atoms with E-state index in [1.54, 1.807) is 0 Å². The first-order valence-electron chi connectivity index (χ1n) is 7.41. The van der Waals surface area contributed by atoms with Gasteiger partial charge in [0.05, 0.1) is 19.3 Å². The second-order valence-corrected chi connectivity index (χ2v) is 6.36. The second kappa shape index (κ2) is 6.73. The van der Waals surface area contributed by atoms with Crippen molar-refractivity contribution in [2.75, 3.05) is 6.61 Å². The summed E-state index contributed by atoms with van der Waals surface area (Å²) in [5, 5.41) is 17.2. The minimum absolute atomic E-state index is 0.144. The summed E-state index contributed by atoms with van der Waals surface area (Å²) in [7, 11) is 0. The molecule has 1 unspecified atom stereocenters. The van der Waals surface area contributed by atoms with Crippen LogP contribution in [0.4, 0.5) is 0 Å². The van der Waals surface area contributed by atoms with Crippen molar-refractivity contribution in [1.29, 1.82) is 0 Å². The van der Waals surface area contributed by atoms with E-state index in [0.29, 0.717) is 12.6 Å². The highest BCUT2D eigenvalue weighted by Gasteiger charge is 2.23. The van der Waals surface area contributed by atoms with Crippen molar-refractivity contribution in [3.8, 4) is 0 Å². The third-order valence-corrected chi connectivity index (χ3v) is 4.57. The minimum atomic E-state index is 0.144. The Morgan fingerprint density at radius 2 is 2.14 bits per heavy atom. The number of hydrogen-bond acceptors (Lipinski definition) is 3. The zero-order valence-electron chi connectivity index (χ0n) is 11.9. The van der Waals surface area contributed by atoms with E-state index in [1.807, 2.05) is 10.9 Å². The molecule has 0 radical (unpaired) electrons. The number of fused-ring (bicyclic) bond motifs is 1. The first-order chi connectivity index (χ1) is 10.3. The van der Waals surface area contributed by atoms with Crippen LogP contribution in [0.15, 0.2) is 34.9 Å². The molecule has 4 nitrogen and oxygen atoms in total. The van der Waals surface area contributed by atoms with Crippen LogP contribution >= 0.6 is 15.9 Å². The fourth-order valence-electron chi connectivity index (χ4n) is 2.96. The number of aliphatic hydroxyl groups excluding tert-OH is 1. The van der Waals surface area contributed by atoms with Gasteiger partial charge in [-0.2, -0.15) is 5.10 Å².